The lowest BCUT2D eigenvalue weighted by Crippen LogP contribution is -2.24. The molecule has 14 nitrogen and oxygen atoms in total. The SMILES string of the molecule is C=CCNC(=O)c1c(Cl)c(Cl)cc2nc(OC)c(OC)nc12.C=CCn1nnnc1-c1c(Cl)c(Cl)cc2nc(OC)c(OC)nc12. The number of nitrogens with zero attached hydrogens (tertiary/aromatic N) is 8. The number of carbonyl (C=O) groups is 1. The summed E-state index contributed by atoms with van der Waals surface area (Å²) in [5.74, 6) is 0.747. The van der Waals surface area contributed by atoms with E-state index in [0.29, 0.717) is 39.5 Å². The molecule has 3 heterocycles. The molecule has 0 saturated heterocycles. The molecule has 0 atom stereocenters. The van der Waals surface area contributed by atoms with Crippen LogP contribution in [0, 0.1) is 0 Å². The number of methoxy groups -OCH3 is 4. The Morgan fingerprint density at radius 3 is 1.87 bits per heavy atom. The molecule has 0 unspecified atom stereocenters. The Balaban J connectivity index is 0.000000210. The molecule has 0 aliphatic carbocycles. The lowest BCUT2D eigenvalue weighted by atomic mass is 10.1. The summed E-state index contributed by atoms with van der Waals surface area (Å²) < 4.78 is 22.1. The second-order valence-electron chi connectivity index (χ2n) is 8.79. The first kappa shape index (κ1) is 34.4. The number of amides is 1. The van der Waals surface area contributed by atoms with Gasteiger partial charge in [0, 0.05) is 6.54 Å². The third-order valence-corrected chi connectivity index (χ3v) is 7.62. The van der Waals surface area contributed by atoms with Crippen molar-refractivity contribution >= 4 is 74.4 Å². The van der Waals surface area contributed by atoms with Crippen molar-refractivity contribution in [1.82, 2.24) is 45.5 Å². The average Bonchev–Trinajstić information content (AvgIpc) is 3.51. The number of ether oxygens (including phenoxy) is 4. The second-order valence-corrected chi connectivity index (χ2v) is 10.4. The molecule has 0 saturated carbocycles. The fourth-order valence-corrected chi connectivity index (χ4v) is 4.90. The minimum Gasteiger partial charge on any atom is -0.477 e. The van der Waals surface area contributed by atoms with Crippen molar-refractivity contribution in [3.8, 4) is 34.9 Å². The molecule has 1 amide bonds. The Hall–Kier alpha value is -4.50. The Kier molecular flexibility index (Phi) is 11.4. The number of nitrogens with one attached hydrogen (secondary N) is 1. The van der Waals surface area contributed by atoms with Crippen molar-refractivity contribution in [2.24, 2.45) is 0 Å². The van der Waals surface area contributed by atoms with Gasteiger partial charge in [-0.1, -0.05) is 58.6 Å². The van der Waals surface area contributed by atoms with Crippen molar-refractivity contribution in [1.29, 1.82) is 0 Å². The van der Waals surface area contributed by atoms with E-state index in [1.165, 1.54) is 39.2 Å². The van der Waals surface area contributed by atoms with Gasteiger partial charge in [-0.05, 0) is 22.6 Å². The summed E-state index contributed by atoms with van der Waals surface area (Å²) in [6.07, 6.45) is 3.21. The van der Waals surface area contributed by atoms with Gasteiger partial charge in [-0.15, -0.1) is 18.3 Å². The predicted molar refractivity (Wildman–Crippen MR) is 175 cm³/mol. The zero-order valence-corrected chi connectivity index (χ0v) is 27.8. The highest BCUT2D eigenvalue weighted by Crippen LogP contribution is 2.40. The number of allylic oxidation sites excluding steroid dienone is 1. The average molecular weight is 709 g/mol. The Labute approximate surface area is 282 Å². The molecule has 0 bridgehead atoms. The van der Waals surface area contributed by atoms with Gasteiger partial charge in [0.2, 0.25) is 0 Å². The molecule has 0 fully saturated rings. The monoisotopic (exact) mass is 707 g/mol. The number of tetrazole rings is 1. The van der Waals surface area contributed by atoms with Crippen molar-refractivity contribution in [3.05, 3.63) is 63.1 Å². The van der Waals surface area contributed by atoms with E-state index in [1.807, 2.05) is 0 Å². The highest BCUT2D eigenvalue weighted by atomic mass is 35.5. The smallest absolute Gasteiger partial charge is 0.278 e. The van der Waals surface area contributed by atoms with Crippen molar-refractivity contribution in [2.75, 3.05) is 35.0 Å². The maximum Gasteiger partial charge on any atom is 0.278 e. The molecular weight excluding hydrogens is 684 g/mol. The molecule has 46 heavy (non-hydrogen) atoms. The Morgan fingerprint density at radius 1 is 0.804 bits per heavy atom. The maximum atomic E-state index is 12.3. The van der Waals surface area contributed by atoms with Gasteiger partial charge in [0.15, 0.2) is 5.82 Å². The van der Waals surface area contributed by atoms with Crippen LogP contribution in [0.3, 0.4) is 0 Å². The number of carbonyl (C=O) groups excluding carboxylic acids is 1. The van der Waals surface area contributed by atoms with Crippen LogP contribution in [0.25, 0.3) is 33.5 Å². The van der Waals surface area contributed by atoms with Crippen molar-refractivity contribution < 1.29 is 23.7 Å². The fraction of sp³-hybridized carbons (Fsp3) is 0.214. The van der Waals surface area contributed by atoms with Crippen LogP contribution < -0.4 is 24.3 Å². The minimum atomic E-state index is -0.432. The van der Waals surface area contributed by atoms with Gasteiger partial charge in [0.25, 0.3) is 29.4 Å². The number of aromatic nitrogens is 8. The summed E-state index contributed by atoms with van der Waals surface area (Å²) in [6, 6.07) is 3.11. The summed E-state index contributed by atoms with van der Waals surface area (Å²) >= 11 is 24.9. The summed E-state index contributed by atoms with van der Waals surface area (Å²) in [7, 11) is 5.81. The third-order valence-electron chi connectivity index (χ3n) is 6.05. The van der Waals surface area contributed by atoms with E-state index in [-0.39, 0.29) is 56.2 Å². The Morgan fingerprint density at radius 2 is 1.33 bits per heavy atom. The van der Waals surface area contributed by atoms with E-state index >= 15 is 0 Å². The maximum absolute atomic E-state index is 12.3. The van der Waals surface area contributed by atoms with E-state index in [1.54, 1.807) is 18.2 Å². The molecule has 0 radical (unpaired) electrons. The van der Waals surface area contributed by atoms with E-state index in [0.717, 1.165) is 0 Å². The van der Waals surface area contributed by atoms with Crippen LogP contribution in [-0.4, -0.2) is 81.0 Å². The topological polar surface area (TPSA) is 161 Å². The predicted octanol–water partition coefficient (Wildman–Crippen LogP) is 5.66. The molecule has 0 aliphatic rings. The van der Waals surface area contributed by atoms with Crippen LogP contribution >= 0.6 is 46.4 Å². The number of benzene rings is 2. The van der Waals surface area contributed by atoms with Gasteiger partial charge in [-0.2, -0.15) is 0 Å². The van der Waals surface area contributed by atoms with Gasteiger partial charge in [-0.3, -0.25) is 4.79 Å². The minimum absolute atomic E-state index is 0.0947. The standard InChI is InChI=1S/C14H12Cl2N6O2.C14H13Cl2N3O3/c1-4-5-22-12(19-20-21-22)9-10(16)7(15)6-8-11(9)18-14(24-3)13(17-8)23-2;1-4-5-17-12(20)9-10(16)7(15)6-8-11(9)19-14(22-3)13(18-8)21-2/h4,6H,1,5H2,2-3H3;4,6H,1,5H2,2-3H3,(H,17,20). The highest BCUT2D eigenvalue weighted by Gasteiger charge is 2.24. The van der Waals surface area contributed by atoms with Crippen LogP contribution in [0.4, 0.5) is 0 Å². The molecule has 0 spiro atoms. The summed E-state index contributed by atoms with van der Waals surface area (Å²) in [5.41, 5.74) is 2.15. The van der Waals surface area contributed by atoms with Gasteiger partial charge in [-0.25, -0.2) is 24.6 Å². The molecule has 18 heteroatoms. The van der Waals surface area contributed by atoms with E-state index in [9.17, 15) is 4.79 Å². The first-order valence-electron chi connectivity index (χ1n) is 13.0. The van der Waals surface area contributed by atoms with Crippen LogP contribution in [0.15, 0.2) is 37.4 Å². The molecule has 5 rings (SSSR count). The van der Waals surface area contributed by atoms with Crippen LogP contribution in [0.5, 0.6) is 23.5 Å². The third kappa shape index (κ3) is 6.84. The van der Waals surface area contributed by atoms with Crippen molar-refractivity contribution in [3.63, 3.8) is 0 Å². The zero-order chi connectivity index (χ0) is 33.5. The summed E-state index contributed by atoms with van der Waals surface area (Å²) in [6.45, 7) is 7.90. The summed E-state index contributed by atoms with van der Waals surface area (Å²) in [5, 5.41) is 15.1. The van der Waals surface area contributed by atoms with E-state index in [4.69, 9.17) is 65.4 Å². The summed E-state index contributed by atoms with van der Waals surface area (Å²) in [4.78, 5) is 29.6. The largest absolute Gasteiger partial charge is 0.477 e. The van der Waals surface area contributed by atoms with Gasteiger partial charge in [0.1, 0.15) is 11.0 Å². The lowest BCUT2D eigenvalue weighted by molar-refractivity contribution is 0.0959. The normalized spacial score (nSPS) is 10.6. The molecule has 0 aliphatic heterocycles. The first-order chi connectivity index (χ1) is 22.1. The van der Waals surface area contributed by atoms with Gasteiger partial charge < -0.3 is 24.3 Å². The Bertz CT molecular complexity index is 1960. The molecule has 1 N–H and O–H groups in total. The number of fused-ring (bicyclic) bond motifs is 2. The van der Waals surface area contributed by atoms with Crippen LogP contribution in [-0.2, 0) is 6.54 Å². The first-order valence-corrected chi connectivity index (χ1v) is 14.5. The quantitative estimate of drug-likeness (QED) is 0.178. The second kappa shape index (κ2) is 15.2. The van der Waals surface area contributed by atoms with E-state index in [2.05, 4.69) is 53.9 Å². The van der Waals surface area contributed by atoms with Gasteiger partial charge in [0.05, 0.1) is 77.2 Å². The molecule has 3 aromatic heterocycles. The van der Waals surface area contributed by atoms with Gasteiger partial charge >= 0.3 is 0 Å². The fourth-order valence-electron chi connectivity index (χ4n) is 4.04. The molecule has 240 valence electrons. The number of hydrogen-bond donors (Lipinski definition) is 1. The van der Waals surface area contributed by atoms with Crippen LogP contribution in [0.1, 0.15) is 10.4 Å². The molecule has 5 aromatic rings. The van der Waals surface area contributed by atoms with E-state index < -0.39 is 5.91 Å². The molecular formula is C28H25Cl4N9O5. The number of hydrogen-bond acceptors (Lipinski definition) is 12. The van der Waals surface area contributed by atoms with Crippen LogP contribution in [0.2, 0.25) is 20.1 Å². The number of halogens is 4. The number of rotatable bonds is 10. The lowest BCUT2D eigenvalue weighted by Gasteiger charge is -2.12. The molecule has 2 aromatic carbocycles. The highest BCUT2D eigenvalue weighted by molar-refractivity contribution is 6.45. The zero-order valence-electron chi connectivity index (χ0n) is 24.8. The van der Waals surface area contributed by atoms with Crippen molar-refractivity contribution in [2.45, 2.75) is 6.54 Å².